The van der Waals surface area contributed by atoms with Crippen LogP contribution >= 0.6 is 0 Å². The highest BCUT2D eigenvalue weighted by Crippen LogP contribution is 2.36. The van der Waals surface area contributed by atoms with E-state index in [0.717, 1.165) is 25.9 Å². The Morgan fingerprint density at radius 3 is 2.60 bits per heavy atom. The zero-order valence-corrected chi connectivity index (χ0v) is 17.8. The minimum absolute atomic E-state index is 0.0265. The predicted molar refractivity (Wildman–Crippen MR) is 105 cm³/mol. The molecule has 0 saturated carbocycles. The van der Waals surface area contributed by atoms with Crippen LogP contribution in [0.25, 0.3) is 0 Å². The van der Waals surface area contributed by atoms with Crippen LogP contribution in [0, 0.1) is 16.0 Å². The molecule has 0 saturated heterocycles. The van der Waals surface area contributed by atoms with Crippen molar-refractivity contribution >= 4 is 19.8 Å². The molecule has 0 aliphatic heterocycles. The van der Waals surface area contributed by atoms with Crippen LogP contribution in [0.2, 0.25) is 18.1 Å². The van der Waals surface area contributed by atoms with E-state index in [0.29, 0.717) is 18.3 Å². The average molecular weight is 371 g/mol. The van der Waals surface area contributed by atoms with Crippen molar-refractivity contribution in [3.8, 4) is 0 Å². The van der Waals surface area contributed by atoms with Gasteiger partial charge in [-0.25, -0.2) is 4.68 Å². The topological polar surface area (TPSA) is 82.2 Å². The molecule has 0 aliphatic carbocycles. The smallest absolute Gasteiger partial charge is 0.330 e. The van der Waals surface area contributed by atoms with Gasteiger partial charge in [-0.05, 0) is 36.9 Å². The number of nitrogens with zero attached hydrogens (tertiary/aromatic N) is 3. The Bertz CT molecular complexity index is 567. The van der Waals surface area contributed by atoms with Crippen LogP contribution in [0.4, 0.5) is 11.5 Å². The highest BCUT2D eigenvalue weighted by atomic mass is 28.4. The summed E-state index contributed by atoms with van der Waals surface area (Å²) in [7, 11) is 0.0328. The van der Waals surface area contributed by atoms with Gasteiger partial charge in [0.2, 0.25) is 5.82 Å². The summed E-state index contributed by atoms with van der Waals surface area (Å²) in [5.41, 5.74) is 0.0265. The summed E-state index contributed by atoms with van der Waals surface area (Å²) < 4.78 is 7.74. The molecule has 1 N–H and O–H groups in total. The molecule has 0 aliphatic rings. The van der Waals surface area contributed by atoms with Gasteiger partial charge >= 0.3 is 5.69 Å². The van der Waals surface area contributed by atoms with Crippen LogP contribution in [-0.2, 0) is 11.5 Å². The van der Waals surface area contributed by atoms with Crippen LogP contribution < -0.4 is 5.32 Å². The van der Waals surface area contributed by atoms with E-state index in [1.54, 1.807) is 7.05 Å². The van der Waals surface area contributed by atoms with Crippen molar-refractivity contribution in [3.63, 3.8) is 0 Å². The molecule has 1 aromatic heterocycles. The third-order valence-electron chi connectivity index (χ3n) is 5.28. The van der Waals surface area contributed by atoms with Gasteiger partial charge in [0.1, 0.15) is 6.20 Å². The summed E-state index contributed by atoms with van der Waals surface area (Å²) in [5.74, 6) is 0.929. The summed E-state index contributed by atoms with van der Waals surface area (Å²) in [5, 5.41) is 18.4. The summed E-state index contributed by atoms with van der Waals surface area (Å²) >= 11 is 0. The van der Waals surface area contributed by atoms with Gasteiger partial charge in [-0.15, -0.1) is 0 Å². The molecule has 1 atom stereocenters. The lowest BCUT2D eigenvalue weighted by atomic mass is 10.0. The molecule has 8 heteroatoms. The average Bonchev–Trinajstić information content (AvgIpc) is 2.86. The molecule has 0 bridgehead atoms. The first-order valence-electron chi connectivity index (χ1n) is 9.03. The van der Waals surface area contributed by atoms with E-state index in [4.69, 9.17) is 4.43 Å². The number of hydrogen-bond acceptors (Lipinski definition) is 5. The summed E-state index contributed by atoms with van der Waals surface area (Å²) in [6.45, 7) is 14.9. The summed E-state index contributed by atoms with van der Waals surface area (Å²) in [4.78, 5) is 10.6. The maximum Gasteiger partial charge on any atom is 0.330 e. The molecule has 25 heavy (non-hydrogen) atoms. The highest BCUT2D eigenvalue weighted by molar-refractivity contribution is 6.74. The molecule has 0 unspecified atom stereocenters. The predicted octanol–water partition coefficient (Wildman–Crippen LogP) is 4.57. The van der Waals surface area contributed by atoms with E-state index in [2.05, 4.69) is 51.2 Å². The summed E-state index contributed by atoms with van der Waals surface area (Å²) in [6, 6.07) is 0. The molecule has 0 fully saturated rings. The molecule has 0 radical (unpaired) electrons. The second-order valence-electron chi connectivity index (χ2n) is 8.17. The van der Waals surface area contributed by atoms with Crippen molar-refractivity contribution in [2.24, 2.45) is 13.0 Å². The maximum absolute atomic E-state index is 11.0. The summed E-state index contributed by atoms with van der Waals surface area (Å²) in [6.07, 6.45) is 4.37. The largest absolute Gasteiger partial charge is 0.417 e. The molecule has 1 aromatic rings. The molecule has 0 spiro atoms. The second kappa shape index (κ2) is 8.80. The van der Waals surface area contributed by atoms with Crippen molar-refractivity contribution < 1.29 is 9.35 Å². The lowest BCUT2D eigenvalue weighted by Gasteiger charge is -2.36. The Morgan fingerprint density at radius 2 is 2.08 bits per heavy atom. The lowest BCUT2D eigenvalue weighted by Crippen LogP contribution is -2.41. The molecular formula is C17H34N4O3Si. The SMILES string of the molecule is CC[C@H](CCCO[Si](C)(C)C(C)(C)C)CNc1c([N+](=O)[O-])cnn1C. The molecule has 1 rings (SSSR count). The van der Waals surface area contributed by atoms with Gasteiger partial charge < -0.3 is 9.74 Å². The fraction of sp³-hybridized carbons (Fsp3) is 0.824. The van der Waals surface area contributed by atoms with Crippen molar-refractivity contribution in [1.29, 1.82) is 0 Å². The van der Waals surface area contributed by atoms with Crippen molar-refractivity contribution in [2.75, 3.05) is 18.5 Å². The minimum Gasteiger partial charge on any atom is -0.417 e. The van der Waals surface area contributed by atoms with Gasteiger partial charge in [-0.2, -0.15) is 5.10 Å². The molecule has 1 heterocycles. The first-order valence-corrected chi connectivity index (χ1v) is 11.9. The quantitative estimate of drug-likeness (QED) is 0.282. The van der Waals surface area contributed by atoms with Crippen molar-refractivity contribution in [3.05, 3.63) is 16.3 Å². The van der Waals surface area contributed by atoms with Crippen LogP contribution in [0.5, 0.6) is 0 Å². The Balaban J connectivity index is 2.46. The van der Waals surface area contributed by atoms with Gasteiger partial charge in [0, 0.05) is 20.2 Å². The van der Waals surface area contributed by atoms with E-state index >= 15 is 0 Å². The minimum atomic E-state index is -1.68. The Labute approximate surface area is 152 Å². The first kappa shape index (κ1) is 21.6. The van der Waals surface area contributed by atoms with Gasteiger partial charge in [0.05, 0.1) is 4.92 Å². The van der Waals surface area contributed by atoms with Gasteiger partial charge in [0.25, 0.3) is 0 Å². The van der Waals surface area contributed by atoms with Crippen molar-refractivity contribution in [2.45, 2.75) is 65.1 Å². The normalized spacial score (nSPS) is 13.7. The Morgan fingerprint density at radius 1 is 1.44 bits per heavy atom. The number of rotatable bonds is 10. The molecule has 7 nitrogen and oxygen atoms in total. The van der Waals surface area contributed by atoms with Crippen molar-refractivity contribution in [1.82, 2.24) is 9.78 Å². The maximum atomic E-state index is 11.0. The number of nitro groups is 1. The monoisotopic (exact) mass is 370 g/mol. The Kier molecular flexibility index (Phi) is 7.61. The van der Waals surface area contributed by atoms with E-state index in [9.17, 15) is 10.1 Å². The van der Waals surface area contributed by atoms with Gasteiger partial charge in [-0.1, -0.05) is 34.1 Å². The number of aromatic nitrogens is 2. The number of anilines is 1. The van der Waals surface area contributed by atoms with Crippen LogP contribution in [0.1, 0.15) is 47.0 Å². The third-order valence-corrected chi connectivity index (χ3v) is 9.82. The zero-order chi connectivity index (χ0) is 19.3. The number of nitrogens with one attached hydrogen (secondary N) is 1. The molecule has 0 amide bonds. The highest BCUT2D eigenvalue weighted by Gasteiger charge is 2.36. The van der Waals surface area contributed by atoms with Crippen LogP contribution in [0.15, 0.2) is 6.20 Å². The first-order chi connectivity index (χ1) is 11.5. The Hall–Kier alpha value is -1.41. The lowest BCUT2D eigenvalue weighted by molar-refractivity contribution is -0.384. The standard InChI is InChI=1S/C17H34N4O3Si/c1-8-14(10-9-11-24-25(6,7)17(2,3)4)12-18-16-15(21(22)23)13-19-20(16)5/h13-14,18H,8-12H2,1-7H3/t14-/m1/s1. The molecule has 144 valence electrons. The van der Waals surface area contributed by atoms with E-state index in [-0.39, 0.29) is 10.7 Å². The second-order valence-corrected chi connectivity index (χ2v) is 13.0. The third kappa shape index (κ3) is 6.11. The number of hydrogen-bond donors (Lipinski definition) is 1. The number of aryl methyl sites for hydroxylation is 1. The molecular weight excluding hydrogens is 336 g/mol. The zero-order valence-electron chi connectivity index (χ0n) is 16.8. The van der Waals surface area contributed by atoms with Gasteiger partial charge in [-0.3, -0.25) is 10.1 Å². The van der Waals surface area contributed by atoms with Crippen LogP contribution in [-0.4, -0.2) is 36.2 Å². The van der Waals surface area contributed by atoms with E-state index < -0.39 is 13.2 Å². The molecule has 0 aromatic carbocycles. The van der Waals surface area contributed by atoms with E-state index in [1.807, 2.05) is 0 Å². The van der Waals surface area contributed by atoms with Crippen LogP contribution in [0.3, 0.4) is 0 Å². The fourth-order valence-corrected chi connectivity index (χ4v) is 3.46. The van der Waals surface area contributed by atoms with Gasteiger partial charge in [0.15, 0.2) is 8.32 Å². The fourth-order valence-electron chi connectivity index (χ4n) is 2.37. The van der Waals surface area contributed by atoms with E-state index in [1.165, 1.54) is 10.9 Å².